The van der Waals surface area contributed by atoms with Crippen molar-refractivity contribution in [2.24, 2.45) is 5.73 Å². The number of carboxylic acid groups (broad SMARTS) is 1. The molecule has 2 aromatic rings. The number of primary amides is 1. The number of benzene rings is 2. The molecule has 0 aliphatic rings. The second kappa shape index (κ2) is 9.27. The predicted molar refractivity (Wildman–Crippen MR) is 108 cm³/mol. The Balaban J connectivity index is 2.11. The number of carbonyl (C=O) groups excluding carboxylic acids is 3. The molecule has 0 bridgehead atoms. The fraction of sp³-hybridized carbons (Fsp3) is 0.200. The topological polar surface area (TPSA) is 159 Å². The first-order chi connectivity index (χ1) is 14.0. The molecule has 9 nitrogen and oxygen atoms in total. The van der Waals surface area contributed by atoms with E-state index in [0.29, 0.717) is 5.56 Å². The molecule has 1 unspecified atom stereocenters. The van der Waals surface area contributed by atoms with Gasteiger partial charge in [0.1, 0.15) is 11.3 Å². The Bertz CT molecular complexity index is 1010. The zero-order valence-electron chi connectivity index (χ0n) is 15.9. The van der Waals surface area contributed by atoms with Gasteiger partial charge in [-0.3, -0.25) is 14.4 Å². The molecule has 0 saturated heterocycles. The summed E-state index contributed by atoms with van der Waals surface area (Å²) in [6.07, 6.45) is -0.610. The van der Waals surface area contributed by atoms with E-state index in [4.69, 9.17) is 17.3 Å². The number of aliphatic carboxylic acids is 1. The van der Waals surface area contributed by atoms with Crippen molar-refractivity contribution in [3.63, 3.8) is 0 Å². The molecule has 30 heavy (non-hydrogen) atoms. The first kappa shape index (κ1) is 22.7. The van der Waals surface area contributed by atoms with Gasteiger partial charge in [0, 0.05) is 12.1 Å². The minimum atomic E-state index is -1.91. The second-order valence-electron chi connectivity index (χ2n) is 6.78. The molecule has 3 amide bonds. The molecule has 0 spiro atoms. The van der Waals surface area contributed by atoms with Crippen LogP contribution in [0.15, 0.2) is 42.5 Å². The van der Waals surface area contributed by atoms with Gasteiger partial charge >= 0.3 is 5.97 Å². The molecule has 0 radical (unpaired) electrons. The van der Waals surface area contributed by atoms with E-state index in [1.54, 1.807) is 12.1 Å². The monoisotopic (exact) mass is 433 g/mol. The Morgan fingerprint density at radius 1 is 1.10 bits per heavy atom. The fourth-order valence-electron chi connectivity index (χ4n) is 2.63. The lowest BCUT2D eigenvalue weighted by molar-refractivity contribution is -0.145. The van der Waals surface area contributed by atoms with Gasteiger partial charge in [-0.1, -0.05) is 23.7 Å². The Hall–Kier alpha value is -3.59. The van der Waals surface area contributed by atoms with Crippen LogP contribution >= 0.6 is 11.6 Å². The standard InChI is InChI=1S/C20H20ClN3O6/c1-20(19(29)30,9-16(22)26)24-18(28)14-6-5-12(8-15(14)21)17(27)23-10-11-3-2-4-13(25)7-11/h2-8,25H,9-10H2,1H3,(H2,22,26)(H,23,27)(H,24,28)(H,29,30). The van der Waals surface area contributed by atoms with Gasteiger partial charge < -0.3 is 26.6 Å². The number of aromatic hydroxyl groups is 1. The molecule has 0 aliphatic carbocycles. The first-order valence-corrected chi connectivity index (χ1v) is 9.09. The zero-order valence-corrected chi connectivity index (χ0v) is 16.7. The van der Waals surface area contributed by atoms with Crippen LogP contribution in [0.2, 0.25) is 5.02 Å². The highest BCUT2D eigenvalue weighted by atomic mass is 35.5. The molecule has 0 heterocycles. The number of amides is 3. The van der Waals surface area contributed by atoms with Crippen LogP contribution in [0.5, 0.6) is 5.75 Å². The maximum atomic E-state index is 12.5. The van der Waals surface area contributed by atoms with Crippen LogP contribution in [-0.2, 0) is 16.1 Å². The van der Waals surface area contributed by atoms with Crippen LogP contribution in [-0.4, -0.2) is 39.4 Å². The summed E-state index contributed by atoms with van der Waals surface area (Å²) in [7, 11) is 0. The van der Waals surface area contributed by atoms with Crippen LogP contribution in [0.1, 0.15) is 39.6 Å². The Kier molecular flexibility index (Phi) is 7.01. The molecular weight excluding hydrogens is 414 g/mol. The van der Waals surface area contributed by atoms with Crippen LogP contribution in [0.25, 0.3) is 0 Å². The molecule has 0 saturated carbocycles. The minimum Gasteiger partial charge on any atom is -0.508 e. The van der Waals surface area contributed by atoms with Crippen LogP contribution in [0.4, 0.5) is 0 Å². The lowest BCUT2D eigenvalue weighted by Gasteiger charge is -2.25. The number of carboxylic acids is 1. The van der Waals surface area contributed by atoms with Crippen molar-refractivity contribution < 1.29 is 29.4 Å². The van der Waals surface area contributed by atoms with Gasteiger partial charge in [0.2, 0.25) is 5.91 Å². The smallest absolute Gasteiger partial charge is 0.329 e. The number of carbonyl (C=O) groups is 4. The van der Waals surface area contributed by atoms with Crippen LogP contribution < -0.4 is 16.4 Å². The summed E-state index contributed by atoms with van der Waals surface area (Å²) < 4.78 is 0. The van der Waals surface area contributed by atoms with Crippen molar-refractivity contribution in [1.29, 1.82) is 0 Å². The number of halogens is 1. The predicted octanol–water partition coefficient (Wildman–Crippen LogP) is 1.42. The first-order valence-electron chi connectivity index (χ1n) is 8.71. The van der Waals surface area contributed by atoms with Gasteiger partial charge in [-0.15, -0.1) is 0 Å². The molecular formula is C20H20ClN3O6. The average Bonchev–Trinajstić information content (AvgIpc) is 2.65. The van der Waals surface area contributed by atoms with Gasteiger partial charge in [0.05, 0.1) is 17.0 Å². The van der Waals surface area contributed by atoms with Gasteiger partial charge in [0.15, 0.2) is 0 Å². The third-order valence-electron chi connectivity index (χ3n) is 4.23. The van der Waals surface area contributed by atoms with Gasteiger partial charge in [-0.2, -0.15) is 0 Å². The van der Waals surface area contributed by atoms with Crippen LogP contribution in [0.3, 0.4) is 0 Å². The summed E-state index contributed by atoms with van der Waals surface area (Å²) in [5, 5.41) is 23.6. The van der Waals surface area contributed by atoms with E-state index in [2.05, 4.69) is 10.6 Å². The van der Waals surface area contributed by atoms with Crippen molar-refractivity contribution in [3.8, 4) is 5.75 Å². The normalized spacial score (nSPS) is 12.5. The van der Waals surface area contributed by atoms with Crippen molar-refractivity contribution in [2.75, 3.05) is 0 Å². The molecule has 1 atom stereocenters. The van der Waals surface area contributed by atoms with E-state index in [-0.39, 0.29) is 28.4 Å². The van der Waals surface area contributed by atoms with E-state index in [1.807, 2.05) is 0 Å². The number of nitrogens with two attached hydrogens (primary N) is 1. The molecule has 2 rings (SSSR count). The largest absolute Gasteiger partial charge is 0.508 e. The lowest BCUT2D eigenvalue weighted by atomic mass is 9.96. The highest BCUT2D eigenvalue weighted by Crippen LogP contribution is 2.20. The number of hydrogen-bond donors (Lipinski definition) is 5. The van der Waals surface area contributed by atoms with E-state index < -0.39 is 35.7 Å². The van der Waals surface area contributed by atoms with Crippen molar-refractivity contribution in [3.05, 3.63) is 64.2 Å². The highest BCUT2D eigenvalue weighted by Gasteiger charge is 2.37. The summed E-state index contributed by atoms with van der Waals surface area (Å²) in [6.45, 7) is 1.31. The molecule has 2 aromatic carbocycles. The van der Waals surface area contributed by atoms with Gasteiger partial charge in [-0.05, 0) is 42.8 Å². The maximum Gasteiger partial charge on any atom is 0.329 e. The van der Waals surface area contributed by atoms with Crippen molar-refractivity contribution in [1.82, 2.24) is 10.6 Å². The number of nitrogens with one attached hydrogen (secondary N) is 2. The van der Waals surface area contributed by atoms with Crippen LogP contribution in [0, 0.1) is 0 Å². The third kappa shape index (κ3) is 5.71. The van der Waals surface area contributed by atoms with Gasteiger partial charge in [-0.25, -0.2) is 4.79 Å². The van der Waals surface area contributed by atoms with Crippen molar-refractivity contribution in [2.45, 2.75) is 25.4 Å². The number of phenolic OH excluding ortho intramolecular Hbond substituents is 1. The summed E-state index contributed by atoms with van der Waals surface area (Å²) in [5.41, 5.74) is 3.93. The Labute approximate surface area is 176 Å². The molecule has 0 aliphatic heterocycles. The Morgan fingerprint density at radius 3 is 2.37 bits per heavy atom. The molecule has 6 N–H and O–H groups in total. The number of hydrogen-bond acceptors (Lipinski definition) is 5. The zero-order chi connectivity index (χ0) is 22.5. The van der Waals surface area contributed by atoms with E-state index in [9.17, 15) is 29.4 Å². The van der Waals surface area contributed by atoms with Crippen molar-refractivity contribution >= 4 is 35.3 Å². The third-order valence-corrected chi connectivity index (χ3v) is 4.54. The number of rotatable bonds is 8. The Morgan fingerprint density at radius 2 is 1.80 bits per heavy atom. The SMILES string of the molecule is CC(CC(N)=O)(NC(=O)c1ccc(C(=O)NCc2cccc(O)c2)cc1Cl)C(=O)O. The van der Waals surface area contributed by atoms with E-state index >= 15 is 0 Å². The number of phenols is 1. The summed E-state index contributed by atoms with van der Waals surface area (Å²) in [4.78, 5) is 47.3. The van der Waals surface area contributed by atoms with Gasteiger partial charge in [0.25, 0.3) is 11.8 Å². The average molecular weight is 434 g/mol. The summed E-state index contributed by atoms with van der Waals surface area (Å²) in [6, 6.07) is 10.3. The molecule has 158 valence electrons. The molecule has 10 heteroatoms. The maximum absolute atomic E-state index is 12.5. The van der Waals surface area contributed by atoms with E-state index in [1.165, 1.54) is 30.3 Å². The second-order valence-corrected chi connectivity index (χ2v) is 7.19. The minimum absolute atomic E-state index is 0.0712. The lowest BCUT2D eigenvalue weighted by Crippen LogP contribution is -2.54. The summed E-state index contributed by atoms with van der Waals surface area (Å²) >= 11 is 6.11. The fourth-order valence-corrected chi connectivity index (χ4v) is 2.90. The molecule has 0 fully saturated rings. The quantitative estimate of drug-likeness (QED) is 0.423. The molecule has 0 aromatic heterocycles. The van der Waals surface area contributed by atoms with E-state index in [0.717, 1.165) is 6.92 Å². The highest BCUT2D eigenvalue weighted by molar-refractivity contribution is 6.34. The summed E-state index contributed by atoms with van der Waals surface area (Å²) in [5.74, 6) is -3.56.